The summed E-state index contributed by atoms with van der Waals surface area (Å²) in [6.45, 7) is 0. The fourth-order valence-corrected chi connectivity index (χ4v) is 1.83. The van der Waals surface area contributed by atoms with E-state index in [2.05, 4.69) is 15.0 Å². The monoisotopic (exact) mass is 219 g/mol. The van der Waals surface area contributed by atoms with Crippen LogP contribution in [0.5, 0.6) is 0 Å². The van der Waals surface area contributed by atoms with Crippen molar-refractivity contribution in [3.05, 3.63) is 53.0 Å². The van der Waals surface area contributed by atoms with Crippen LogP contribution in [0.4, 0.5) is 0 Å². The molecule has 2 rings (SSSR count). The summed E-state index contributed by atoms with van der Waals surface area (Å²) in [6.07, 6.45) is 4.99. The molecule has 0 fully saturated rings. The van der Waals surface area contributed by atoms with E-state index in [1.54, 1.807) is 24.2 Å². The Morgan fingerprint density at radius 2 is 2.00 bits per heavy atom. The zero-order valence-electron chi connectivity index (χ0n) is 7.88. The first kappa shape index (κ1) is 9.92. The molecule has 76 valence electrons. The van der Waals surface area contributed by atoms with Gasteiger partial charge in [0.1, 0.15) is 5.82 Å². The SMILES string of the molecule is O=c1ccnc(CSc2ccncc2)[nH]1. The van der Waals surface area contributed by atoms with Crippen molar-refractivity contribution >= 4 is 11.8 Å². The Balaban J connectivity index is 2.02. The molecule has 4 nitrogen and oxygen atoms in total. The van der Waals surface area contributed by atoms with Crippen LogP contribution in [0.15, 0.2) is 46.5 Å². The minimum Gasteiger partial charge on any atom is -0.310 e. The number of aromatic amines is 1. The summed E-state index contributed by atoms with van der Waals surface area (Å²) in [4.78, 5) is 22.8. The lowest BCUT2D eigenvalue weighted by molar-refractivity contribution is 1.00. The number of hydrogen-bond acceptors (Lipinski definition) is 4. The van der Waals surface area contributed by atoms with Crippen molar-refractivity contribution in [3.8, 4) is 0 Å². The van der Waals surface area contributed by atoms with Crippen molar-refractivity contribution in [1.29, 1.82) is 0 Å². The summed E-state index contributed by atoms with van der Waals surface area (Å²) < 4.78 is 0. The molecule has 1 N–H and O–H groups in total. The van der Waals surface area contributed by atoms with E-state index in [9.17, 15) is 4.79 Å². The van der Waals surface area contributed by atoms with E-state index in [-0.39, 0.29) is 5.56 Å². The van der Waals surface area contributed by atoms with Crippen LogP contribution in [0, 0.1) is 0 Å². The van der Waals surface area contributed by atoms with E-state index < -0.39 is 0 Å². The molecule has 15 heavy (non-hydrogen) atoms. The van der Waals surface area contributed by atoms with Crippen LogP contribution >= 0.6 is 11.8 Å². The van der Waals surface area contributed by atoms with Gasteiger partial charge in [0.25, 0.3) is 5.56 Å². The molecular formula is C10H9N3OS. The predicted molar refractivity (Wildman–Crippen MR) is 58.7 cm³/mol. The number of thioether (sulfide) groups is 1. The average molecular weight is 219 g/mol. The van der Waals surface area contributed by atoms with Crippen LogP contribution < -0.4 is 5.56 Å². The molecular weight excluding hydrogens is 210 g/mol. The van der Waals surface area contributed by atoms with Gasteiger partial charge in [-0.3, -0.25) is 9.78 Å². The number of aromatic nitrogens is 3. The number of hydrogen-bond donors (Lipinski definition) is 1. The molecule has 0 saturated heterocycles. The van der Waals surface area contributed by atoms with Gasteiger partial charge in [-0.05, 0) is 12.1 Å². The highest BCUT2D eigenvalue weighted by Gasteiger charge is 1.97. The summed E-state index contributed by atoms with van der Waals surface area (Å²) >= 11 is 1.61. The Morgan fingerprint density at radius 3 is 2.73 bits per heavy atom. The fraction of sp³-hybridized carbons (Fsp3) is 0.100. The molecule has 0 atom stereocenters. The maximum Gasteiger partial charge on any atom is 0.250 e. The minimum absolute atomic E-state index is 0.115. The standard InChI is InChI=1S/C10H9N3OS/c14-10-3-6-12-9(13-10)7-15-8-1-4-11-5-2-8/h1-6H,7H2,(H,12,13,14). The molecule has 0 bridgehead atoms. The van der Waals surface area contributed by atoms with Crippen LogP contribution in [0.3, 0.4) is 0 Å². The Kier molecular flexibility index (Phi) is 3.14. The largest absolute Gasteiger partial charge is 0.310 e. The number of H-pyrrole nitrogens is 1. The van der Waals surface area contributed by atoms with Gasteiger partial charge in [0.05, 0.1) is 5.75 Å². The first-order chi connectivity index (χ1) is 7.34. The first-order valence-corrected chi connectivity index (χ1v) is 5.40. The lowest BCUT2D eigenvalue weighted by Gasteiger charge is -1.99. The van der Waals surface area contributed by atoms with Gasteiger partial charge in [-0.1, -0.05) is 0 Å². The summed E-state index contributed by atoms with van der Waals surface area (Å²) in [5.74, 6) is 1.34. The van der Waals surface area contributed by atoms with E-state index in [4.69, 9.17) is 0 Å². The highest BCUT2D eigenvalue weighted by molar-refractivity contribution is 7.98. The molecule has 0 unspecified atom stereocenters. The Hall–Kier alpha value is -1.62. The van der Waals surface area contributed by atoms with Crippen molar-refractivity contribution in [2.24, 2.45) is 0 Å². The molecule has 2 aromatic heterocycles. The van der Waals surface area contributed by atoms with Crippen molar-refractivity contribution in [1.82, 2.24) is 15.0 Å². The van der Waals surface area contributed by atoms with Crippen LogP contribution in [0.1, 0.15) is 5.82 Å². The van der Waals surface area contributed by atoms with Gasteiger partial charge in [-0.15, -0.1) is 11.8 Å². The molecule has 0 saturated carbocycles. The predicted octanol–water partition coefficient (Wildman–Crippen LogP) is 1.46. The second-order valence-electron chi connectivity index (χ2n) is 2.85. The zero-order valence-corrected chi connectivity index (χ0v) is 8.70. The van der Waals surface area contributed by atoms with Crippen LogP contribution in [0.25, 0.3) is 0 Å². The third kappa shape index (κ3) is 2.92. The second kappa shape index (κ2) is 4.75. The lowest BCUT2D eigenvalue weighted by atomic mass is 10.5. The van der Waals surface area contributed by atoms with Crippen LogP contribution in [-0.4, -0.2) is 15.0 Å². The van der Waals surface area contributed by atoms with Crippen LogP contribution in [0.2, 0.25) is 0 Å². The molecule has 2 heterocycles. The van der Waals surface area contributed by atoms with Crippen molar-refractivity contribution in [3.63, 3.8) is 0 Å². The average Bonchev–Trinajstić information content (AvgIpc) is 2.28. The van der Waals surface area contributed by atoms with Gasteiger partial charge in [0.2, 0.25) is 0 Å². The fourth-order valence-electron chi connectivity index (χ4n) is 1.07. The summed E-state index contributed by atoms with van der Waals surface area (Å²) in [6, 6.07) is 5.25. The van der Waals surface area contributed by atoms with E-state index in [1.165, 1.54) is 12.3 Å². The smallest absolute Gasteiger partial charge is 0.250 e. The maximum absolute atomic E-state index is 11.0. The number of pyridine rings is 1. The third-order valence-corrected chi connectivity index (χ3v) is 2.77. The summed E-state index contributed by atoms with van der Waals surface area (Å²) in [5.41, 5.74) is -0.115. The van der Waals surface area contributed by atoms with E-state index >= 15 is 0 Å². The normalized spacial score (nSPS) is 10.1. The molecule has 0 aliphatic rings. The summed E-state index contributed by atoms with van der Waals surface area (Å²) in [7, 11) is 0. The zero-order chi connectivity index (χ0) is 10.5. The van der Waals surface area contributed by atoms with E-state index in [0.717, 1.165) is 4.90 Å². The van der Waals surface area contributed by atoms with Gasteiger partial charge >= 0.3 is 0 Å². The Bertz CT molecular complexity index is 483. The molecule has 0 aromatic carbocycles. The highest BCUT2D eigenvalue weighted by Crippen LogP contribution is 2.19. The van der Waals surface area contributed by atoms with Crippen molar-refractivity contribution < 1.29 is 0 Å². The number of nitrogens with zero attached hydrogens (tertiary/aromatic N) is 2. The first-order valence-electron chi connectivity index (χ1n) is 4.41. The lowest BCUT2D eigenvalue weighted by Crippen LogP contribution is -2.07. The summed E-state index contributed by atoms with van der Waals surface area (Å²) in [5, 5.41) is 0. The van der Waals surface area contributed by atoms with Gasteiger partial charge in [-0.25, -0.2) is 4.98 Å². The van der Waals surface area contributed by atoms with Gasteiger partial charge in [0.15, 0.2) is 0 Å². The number of nitrogens with one attached hydrogen (secondary N) is 1. The molecule has 0 aliphatic heterocycles. The molecule has 0 aliphatic carbocycles. The Morgan fingerprint density at radius 1 is 1.20 bits per heavy atom. The van der Waals surface area contributed by atoms with E-state index in [1.807, 2.05) is 12.1 Å². The molecule has 0 amide bonds. The minimum atomic E-state index is -0.115. The molecule has 5 heteroatoms. The molecule has 2 aromatic rings. The van der Waals surface area contributed by atoms with Gasteiger partial charge in [0, 0.05) is 29.6 Å². The van der Waals surface area contributed by atoms with Gasteiger partial charge in [-0.2, -0.15) is 0 Å². The quantitative estimate of drug-likeness (QED) is 0.794. The van der Waals surface area contributed by atoms with E-state index in [0.29, 0.717) is 11.6 Å². The number of rotatable bonds is 3. The topological polar surface area (TPSA) is 58.6 Å². The molecule has 0 spiro atoms. The van der Waals surface area contributed by atoms with Crippen molar-refractivity contribution in [2.75, 3.05) is 0 Å². The maximum atomic E-state index is 11.0. The Labute approximate surface area is 90.8 Å². The van der Waals surface area contributed by atoms with Gasteiger partial charge < -0.3 is 4.98 Å². The van der Waals surface area contributed by atoms with Crippen molar-refractivity contribution in [2.45, 2.75) is 10.6 Å². The van der Waals surface area contributed by atoms with Crippen LogP contribution in [-0.2, 0) is 5.75 Å². The highest BCUT2D eigenvalue weighted by atomic mass is 32.2. The molecule has 0 radical (unpaired) electrons. The second-order valence-corrected chi connectivity index (χ2v) is 3.90. The third-order valence-electron chi connectivity index (χ3n) is 1.75.